The summed E-state index contributed by atoms with van der Waals surface area (Å²) in [5, 5.41) is 3.38. The first-order chi connectivity index (χ1) is 9.13. The molecule has 1 atom stereocenters. The number of pyridine rings is 1. The van der Waals surface area contributed by atoms with Gasteiger partial charge in [0, 0.05) is 41.5 Å². The fourth-order valence-corrected chi connectivity index (χ4v) is 2.17. The van der Waals surface area contributed by atoms with Crippen molar-refractivity contribution in [1.29, 1.82) is 0 Å². The van der Waals surface area contributed by atoms with Gasteiger partial charge in [-0.3, -0.25) is 4.98 Å². The molecule has 2 aromatic heterocycles. The maximum absolute atomic E-state index is 4.63. The van der Waals surface area contributed by atoms with Crippen LogP contribution >= 0.6 is 0 Å². The third-order valence-electron chi connectivity index (χ3n) is 3.26. The third kappa shape index (κ3) is 2.96. The van der Waals surface area contributed by atoms with Gasteiger partial charge in [0.25, 0.3) is 0 Å². The molecule has 0 bridgehead atoms. The Morgan fingerprint density at radius 2 is 2.05 bits per heavy atom. The minimum atomic E-state index is 0.276. The van der Waals surface area contributed by atoms with E-state index < -0.39 is 0 Å². The van der Waals surface area contributed by atoms with E-state index in [9.17, 15) is 0 Å². The smallest absolute Gasteiger partial charge is 0.159 e. The Morgan fingerprint density at radius 1 is 1.26 bits per heavy atom. The van der Waals surface area contributed by atoms with E-state index in [0.29, 0.717) is 0 Å². The minimum Gasteiger partial charge on any atom is -0.310 e. The van der Waals surface area contributed by atoms with Crippen LogP contribution in [0.1, 0.15) is 36.7 Å². The van der Waals surface area contributed by atoms with E-state index in [0.717, 1.165) is 34.8 Å². The fraction of sp³-hybridized carbons (Fsp3) is 0.400. The zero-order valence-corrected chi connectivity index (χ0v) is 11.9. The first-order valence-electron chi connectivity index (χ1n) is 6.61. The van der Waals surface area contributed by atoms with Crippen LogP contribution in [0.5, 0.6) is 0 Å². The van der Waals surface area contributed by atoms with Crippen LogP contribution in [0.3, 0.4) is 0 Å². The van der Waals surface area contributed by atoms with E-state index in [1.165, 1.54) is 0 Å². The van der Waals surface area contributed by atoms with Gasteiger partial charge in [0.2, 0.25) is 0 Å². The Balaban J connectivity index is 2.37. The molecule has 4 nitrogen and oxygen atoms in total. The third-order valence-corrected chi connectivity index (χ3v) is 3.26. The highest BCUT2D eigenvalue weighted by Crippen LogP contribution is 2.21. The molecular formula is C15H20N4. The highest BCUT2D eigenvalue weighted by Gasteiger charge is 2.11. The lowest BCUT2D eigenvalue weighted by atomic mass is 10.1. The van der Waals surface area contributed by atoms with Gasteiger partial charge in [-0.2, -0.15) is 0 Å². The predicted molar refractivity (Wildman–Crippen MR) is 76.8 cm³/mol. The summed E-state index contributed by atoms with van der Waals surface area (Å²) in [5.41, 5.74) is 4.31. The van der Waals surface area contributed by atoms with Crippen molar-refractivity contribution < 1.29 is 0 Å². The molecule has 0 aliphatic carbocycles. The van der Waals surface area contributed by atoms with Gasteiger partial charge in [0.1, 0.15) is 0 Å². The molecule has 2 heterocycles. The van der Waals surface area contributed by atoms with Crippen molar-refractivity contribution >= 4 is 0 Å². The zero-order chi connectivity index (χ0) is 13.8. The fourth-order valence-electron chi connectivity index (χ4n) is 2.17. The molecule has 0 saturated heterocycles. The van der Waals surface area contributed by atoms with Crippen molar-refractivity contribution in [2.75, 3.05) is 6.54 Å². The van der Waals surface area contributed by atoms with E-state index in [1.54, 1.807) is 6.20 Å². The monoisotopic (exact) mass is 256 g/mol. The van der Waals surface area contributed by atoms with Crippen LogP contribution in [-0.2, 0) is 0 Å². The average Bonchev–Trinajstić information content (AvgIpc) is 2.39. The summed E-state index contributed by atoms with van der Waals surface area (Å²) >= 11 is 0. The number of nitrogens with zero attached hydrogens (tertiary/aromatic N) is 3. The van der Waals surface area contributed by atoms with Crippen molar-refractivity contribution in [3.8, 4) is 11.4 Å². The summed E-state index contributed by atoms with van der Waals surface area (Å²) in [7, 11) is 0. The van der Waals surface area contributed by atoms with Gasteiger partial charge in [-0.15, -0.1) is 0 Å². The van der Waals surface area contributed by atoms with Crippen LogP contribution in [-0.4, -0.2) is 21.5 Å². The quantitative estimate of drug-likeness (QED) is 0.914. The second-order valence-electron chi connectivity index (χ2n) is 4.70. The number of aromatic nitrogens is 3. The molecule has 100 valence electrons. The Morgan fingerprint density at radius 3 is 2.68 bits per heavy atom. The van der Waals surface area contributed by atoms with Crippen LogP contribution in [0.4, 0.5) is 0 Å². The molecule has 0 amide bonds. The summed E-state index contributed by atoms with van der Waals surface area (Å²) in [6.07, 6.45) is 5.53. The molecule has 0 saturated carbocycles. The molecular weight excluding hydrogens is 236 g/mol. The second-order valence-corrected chi connectivity index (χ2v) is 4.70. The largest absolute Gasteiger partial charge is 0.310 e. The number of hydrogen-bond donors (Lipinski definition) is 1. The highest BCUT2D eigenvalue weighted by atomic mass is 14.9. The van der Waals surface area contributed by atoms with Crippen molar-refractivity contribution in [2.24, 2.45) is 0 Å². The van der Waals surface area contributed by atoms with Crippen LogP contribution < -0.4 is 5.32 Å². The molecule has 1 unspecified atom stereocenters. The summed E-state index contributed by atoms with van der Waals surface area (Å²) in [4.78, 5) is 13.2. The molecule has 2 aromatic rings. The normalized spacial score (nSPS) is 12.4. The summed E-state index contributed by atoms with van der Waals surface area (Å²) in [6.45, 7) is 9.22. The van der Waals surface area contributed by atoms with Gasteiger partial charge in [0.05, 0.1) is 0 Å². The second kappa shape index (κ2) is 5.89. The van der Waals surface area contributed by atoms with E-state index in [4.69, 9.17) is 0 Å². The topological polar surface area (TPSA) is 50.7 Å². The van der Waals surface area contributed by atoms with Gasteiger partial charge in [-0.25, -0.2) is 9.97 Å². The summed E-state index contributed by atoms with van der Waals surface area (Å²) in [5.74, 6) is 0.768. The Bertz CT molecular complexity index is 566. The van der Waals surface area contributed by atoms with Crippen molar-refractivity contribution in [2.45, 2.75) is 33.7 Å². The van der Waals surface area contributed by atoms with Gasteiger partial charge >= 0.3 is 0 Å². The molecule has 0 aromatic carbocycles. The molecule has 2 rings (SSSR count). The molecule has 1 N–H and O–H groups in total. The summed E-state index contributed by atoms with van der Waals surface area (Å²) < 4.78 is 0. The molecule has 19 heavy (non-hydrogen) atoms. The zero-order valence-electron chi connectivity index (χ0n) is 11.9. The van der Waals surface area contributed by atoms with Gasteiger partial charge in [-0.1, -0.05) is 6.92 Å². The van der Waals surface area contributed by atoms with E-state index in [-0.39, 0.29) is 6.04 Å². The molecule has 0 aliphatic heterocycles. The molecule has 0 radical (unpaired) electrons. The van der Waals surface area contributed by atoms with Crippen molar-refractivity contribution in [1.82, 2.24) is 20.3 Å². The minimum absolute atomic E-state index is 0.276. The lowest BCUT2D eigenvalue weighted by molar-refractivity contribution is 0.590. The highest BCUT2D eigenvalue weighted by molar-refractivity contribution is 5.58. The SMILES string of the molecule is CCNC(C)c1cnc(-c2ccncc2C)nc1C. The van der Waals surface area contributed by atoms with E-state index >= 15 is 0 Å². The lowest BCUT2D eigenvalue weighted by Crippen LogP contribution is -2.19. The van der Waals surface area contributed by atoms with Gasteiger partial charge in [-0.05, 0) is 38.9 Å². The van der Waals surface area contributed by atoms with E-state index in [2.05, 4.69) is 34.1 Å². The molecule has 0 aliphatic rings. The number of rotatable bonds is 4. The number of nitrogens with one attached hydrogen (secondary N) is 1. The van der Waals surface area contributed by atoms with E-state index in [1.807, 2.05) is 32.3 Å². The molecule has 4 heteroatoms. The standard InChI is InChI=1S/C15H20N4/c1-5-17-11(3)14-9-18-15(19-12(14)4)13-6-7-16-8-10(13)2/h6-9,11,17H,5H2,1-4H3. The number of hydrogen-bond acceptors (Lipinski definition) is 4. The predicted octanol–water partition coefficient (Wildman–Crippen LogP) is 2.83. The maximum atomic E-state index is 4.63. The molecule has 0 fully saturated rings. The summed E-state index contributed by atoms with van der Waals surface area (Å²) in [6, 6.07) is 2.23. The van der Waals surface area contributed by atoms with Gasteiger partial charge < -0.3 is 5.32 Å². The number of aryl methyl sites for hydroxylation is 2. The van der Waals surface area contributed by atoms with Crippen LogP contribution in [0.25, 0.3) is 11.4 Å². The first kappa shape index (κ1) is 13.6. The van der Waals surface area contributed by atoms with Crippen LogP contribution in [0.2, 0.25) is 0 Å². The van der Waals surface area contributed by atoms with Crippen LogP contribution in [0, 0.1) is 13.8 Å². The van der Waals surface area contributed by atoms with Crippen molar-refractivity contribution in [3.63, 3.8) is 0 Å². The Kier molecular flexibility index (Phi) is 4.22. The first-order valence-corrected chi connectivity index (χ1v) is 6.61. The lowest BCUT2D eigenvalue weighted by Gasteiger charge is -2.15. The average molecular weight is 256 g/mol. The Labute approximate surface area is 114 Å². The maximum Gasteiger partial charge on any atom is 0.159 e. The molecule has 0 spiro atoms. The van der Waals surface area contributed by atoms with Crippen molar-refractivity contribution in [3.05, 3.63) is 41.5 Å². The Hall–Kier alpha value is -1.81. The van der Waals surface area contributed by atoms with Gasteiger partial charge in [0.15, 0.2) is 5.82 Å². The van der Waals surface area contributed by atoms with Crippen LogP contribution in [0.15, 0.2) is 24.7 Å².